The van der Waals surface area contributed by atoms with Crippen molar-refractivity contribution in [2.45, 2.75) is 18.2 Å². The minimum atomic E-state index is -3.69. The highest BCUT2D eigenvalue weighted by Crippen LogP contribution is 2.21. The van der Waals surface area contributed by atoms with Crippen molar-refractivity contribution in [3.8, 4) is 0 Å². The summed E-state index contributed by atoms with van der Waals surface area (Å²) in [6, 6.07) is 17.6. The van der Waals surface area contributed by atoms with Crippen LogP contribution in [0.15, 0.2) is 65.6 Å². The molecule has 0 amide bonds. The number of nitrogens with zero attached hydrogens (tertiary/aromatic N) is 1. The van der Waals surface area contributed by atoms with E-state index >= 15 is 0 Å². The molecule has 0 aliphatic heterocycles. The smallest absolute Gasteiger partial charge is 0.238 e. The number of carbonyl (C=O) groups is 1. The lowest BCUT2D eigenvalue weighted by molar-refractivity contribution is 0.103. The Morgan fingerprint density at radius 3 is 2.23 bits per heavy atom. The first-order chi connectivity index (χ1) is 12.3. The zero-order valence-corrected chi connectivity index (χ0v) is 15.5. The van der Waals surface area contributed by atoms with Gasteiger partial charge in [0.2, 0.25) is 15.8 Å². The number of rotatable bonds is 5. The molecule has 0 saturated carbocycles. The highest BCUT2D eigenvalue weighted by molar-refractivity contribution is 7.89. The maximum atomic E-state index is 12.8. The van der Waals surface area contributed by atoms with Gasteiger partial charge >= 0.3 is 0 Å². The third-order valence-electron chi connectivity index (χ3n) is 4.41. The van der Waals surface area contributed by atoms with Gasteiger partial charge in [-0.15, -0.1) is 0 Å². The van der Waals surface area contributed by atoms with Crippen LogP contribution in [0.25, 0.3) is 0 Å². The number of hydrogen-bond acceptors (Lipinski definition) is 3. The van der Waals surface area contributed by atoms with Crippen LogP contribution in [0.2, 0.25) is 0 Å². The summed E-state index contributed by atoms with van der Waals surface area (Å²) in [5, 5.41) is 5.13. The molecule has 3 aromatic rings. The van der Waals surface area contributed by atoms with Crippen LogP contribution in [0.5, 0.6) is 0 Å². The first-order valence-corrected chi connectivity index (χ1v) is 9.68. The molecule has 1 aromatic heterocycles. The first kappa shape index (κ1) is 18.1. The average molecular weight is 368 g/mol. The quantitative estimate of drug-likeness (QED) is 0.703. The van der Waals surface area contributed by atoms with Crippen LogP contribution in [-0.2, 0) is 23.5 Å². The normalized spacial score (nSPS) is 11.5. The molecular weight excluding hydrogens is 348 g/mol. The number of benzene rings is 2. The van der Waals surface area contributed by atoms with E-state index in [2.05, 4.69) is 0 Å². The highest BCUT2D eigenvalue weighted by atomic mass is 32.2. The van der Waals surface area contributed by atoms with E-state index in [4.69, 9.17) is 5.14 Å². The van der Waals surface area contributed by atoms with Gasteiger partial charge in [-0.05, 0) is 36.2 Å². The molecular formula is C20H20N2O3S. The van der Waals surface area contributed by atoms with E-state index in [0.717, 1.165) is 16.8 Å². The molecule has 26 heavy (non-hydrogen) atoms. The van der Waals surface area contributed by atoms with Crippen molar-refractivity contribution < 1.29 is 13.2 Å². The number of primary sulfonamides is 1. The first-order valence-electron chi connectivity index (χ1n) is 8.14. The molecule has 0 fully saturated rings. The lowest BCUT2D eigenvalue weighted by Gasteiger charge is -2.09. The Balaban J connectivity index is 1.90. The molecule has 2 aromatic carbocycles. The summed E-state index contributed by atoms with van der Waals surface area (Å²) in [5.74, 6) is -0.0126. The zero-order valence-electron chi connectivity index (χ0n) is 14.6. The van der Waals surface area contributed by atoms with Gasteiger partial charge in [-0.1, -0.05) is 42.5 Å². The lowest BCUT2D eigenvalue weighted by Crippen LogP contribution is -2.12. The van der Waals surface area contributed by atoms with Crippen molar-refractivity contribution in [1.82, 2.24) is 4.57 Å². The third-order valence-corrected chi connectivity index (χ3v) is 5.34. The molecule has 3 rings (SSSR count). The molecule has 0 saturated heterocycles. The molecule has 0 aliphatic rings. The Morgan fingerprint density at radius 1 is 1.04 bits per heavy atom. The topological polar surface area (TPSA) is 82.2 Å². The number of nitrogens with two attached hydrogens (primary N) is 1. The van der Waals surface area contributed by atoms with Crippen molar-refractivity contribution in [3.05, 3.63) is 88.7 Å². The van der Waals surface area contributed by atoms with Crippen LogP contribution in [0.1, 0.15) is 32.9 Å². The van der Waals surface area contributed by atoms with Crippen molar-refractivity contribution in [3.63, 3.8) is 0 Å². The number of ketones is 1. The van der Waals surface area contributed by atoms with E-state index in [-0.39, 0.29) is 10.7 Å². The van der Waals surface area contributed by atoms with Crippen LogP contribution in [0, 0.1) is 6.92 Å². The fourth-order valence-electron chi connectivity index (χ4n) is 3.06. The van der Waals surface area contributed by atoms with E-state index in [1.54, 1.807) is 24.3 Å². The SMILES string of the molecule is Cc1cc(Cc2ccc(S(N)(=O)=O)cc2)n(C)c1C(=O)c1ccccc1. The van der Waals surface area contributed by atoms with Gasteiger partial charge < -0.3 is 4.57 Å². The predicted octanol–water partition coefficient (Wildman–Crippen LogP) is 2.80. The van der Waals surface area contributed by atoms with Crippen molar-refractivity contribution in [2.75, 3.05) is 0 Å². The molecule has 2 N–H and O–H groups in total. The van der Waals surface area contributed by atoms with Gasteiger partial charge in [-0.25, -0.2) is 13.6 Å². The van der Waals surface area contributed by atoms with E-state index < -0.39 is 10.0 Å². The predicted molar refractivity (Wildman–Crippen MR) is 101 cm³/mol. The fourth-order valence-corrected chi connectivity index (χ4v) is 3.57. The molecule has 0 spiro atoms. The molecule has 0 atom stereocenters. The molecule has 134 valence electrons. The standard InChI is InChI=1S/C20H20N2O3S/c1-14-12-17(13-15-8-10-18(11-9-15)26(21,24)25)22(2)19(14)20(23)16-6-4-3-5-7-16/h3-12H,13H2,1-2H3,(H2,21,24,25). The van der Waals surface area contributed by atoms with Gasteiger partial charge in [0.05, 0.1) is 10.6 Å². The summed E-state index contributed by atoms with van der Waals surface area (Å²) in [6.45, 7) is 1.92. The minimum Gasteiger partial charge on any atom is -0.344 e. The molecule has 0 aliphatic carbocycles. The number of hydrogen-bond donors (Lipinski definition) is 1. The number of sulfonamides is 1. The summed E-state index contributed by atoms with van der Waals surface area (Å²) in [6.07, 6.45) is 0.588. The van der Waals surface area contributed by atoms with Crippen molar-refractivity contribution in [1.29, 1.82) is 0 Å². The van der Waals surface area contributed by atoms with Gasteiger partial charge in [0, 0.05) is 24.7 Å². The van der Waals surface area contributed by atoms with E-state index in [0.29, 0.717) is 17.7 Å². The van der Waals surface area contributed by atoms with Gasteiger partial charge in [-0.2, -0.15) is 0 Å². The second-order valence-corrected chi connectivity index (χ2v) is 7.85. The van der Waals surface area contributed by atoms with Gasteiger partial charge in [-0.3, -0.25) is 4.79 Å². The molecule has 5 nitrogen and oxygen atoms in total. The molecule has 6 heteroatoms. The second-order valence-electron chi connectivity index (χ2n) is 6.29. The van der Waals surface area contributed by atoms with Crippen LogP contribution in [0.4, 0.5) is 0 Å². The Morgan fingerprint density at radius 2 is 1.65 bits per heavy atom. The van der Waals surface area contributed by atoms with Crippen LogP contribution < -0.4 is 5.14 Å². The van der Waals surface area contributed by atoms with E-state index in [1.807, 2.05) is 42.8 Å². The molecule has 0 radical (unpaired) electrons. The summed E-state index contributed by atoms with van der Waals surface area (Å²) >= 11 is 0. The van der Waals surface area contributed by atoms with Crippen LogP contribution in [-0.4, -0.2) is 18.8 Å². The largest absolute Gasteiger partial charge is 0.344 e. The Hall–Kier alpha value is -2.70. The third kappa shape index (κ3) is 3.61. The van der Waals surface area contributed by atoms with Crippen LogP contribution >= 0.6 is 0 Å². The maximum absolute atomic E-state index is 12.8. The lowest BCUT2D eigenvalue weighted by atomic mass is 10.1. The monoisotopic (exact) mass is 368 g/mol. The van der Waals surface area contributed by atoms with Gasteiger partial charge in [0.15, 0.2) is 0 Å². The molecule has 0 bridgehead atoms. The van der Waals surface area contributed by atoms with Crippen molar-refractivity contribution in [2.24, 2.45) is 12.2 Å². The second kappa shape index (κ2) is 6.90. The van der Waals surface area contributed by atoms with Gasteiger partial charge in [0.25, 0.3) is 0 Å². The number of carbonyl (C=O) groups excluding carboxylic acids is 1. The van der Waals surface area contributed by atoms with Crippen molar-refractivity contribution >= 4 is 15.8 Å². The number of aryl methyl sites for hydroxylation is 1. The summed E-state index contributed by atoms with van der Waals surface area (Å²) in [7, 11) is -1.82. The van der Waals surface area contributed by atoms with Crippen LogP contribution in [0.3, 0.4) is 0 Å². The van der Waals surface area contributed by atoms with E-state index in [9.17, 15) is 13.2 Å². The summed E-state index contributed by atoms with van der Waals surface area (Å²) < 4.78 is 24.6. The van der Waals surface area contributed by atoms with Gasteiger partial charge in [0.1, 0.15) is 0 Å². The summed E-state index contributed by atoms with van der Waals surface area (Å²) in [5.41, 5.74) is 4.15. The molecule has 1 heterocycles. The zero-order chi connectivity index (χ0) is 18.9. The maximum Gasteiger partial charge on any atom is 0.238 e. The minimum absolute atomic E-state index is 0.0126. The average Bonchev–Trinajstić information content (AvgIpc) is 2.88. The highest BCUT2D eigenvalue weighted by Gasteiger charge is 2.18. The number of aromatic nitrogens is 1. The Labute approximate surface area is 153 Å². The fraction of sp³-hybridized carbons (Fsp3) is 0.150. The molecule has 0 unspecified atom stereocenters. The Bertz CT molecular complexity index is 1050. The van der Waals surface area contributed by atoms with E-state index in [1.165, 1.54) is 12.1 Å². The Kier molecular flexibility index (Phi) is 4.80. The summed E-state index contributed by atoms with van der Waals surface area (Å²) in [4.78, 5) is 12.9.